The SMILES string of the molecule is CCCCC/C=C\C/C=C\CCCCCCCCCC(=O)OCCCCC/C=C\C=C/CCCCCCCCCCCCC(=O)NC(CO)C(O)/C=C/CCCCCCCCCCCCCC. The predicted molar refractivity (Wildman–Crippen MR) is 292 cm³/mol. The Balaban J connectivity index is 3.51. The summed E-state index contributed by atoms with van der Waals surface area (Å²) in [4.78, 5) is 24.5. The van der Waals surface area contributed by atoms with Gasteiger partial charge in [0.05, 0.1) is 25.4 Å². The molecule has 3 N–H and O–H groups in total. The number of allylic oxidation sites excluding steroid dienone is 9. The zero-order valence-electron chi connectivity index (χ0n) is 44.4. The highest BCUT2D eigenvalue weighted by Gasteiger charge is 2.18. The number of nitrogens with one attached hydrogen (secondary N) is 1. The standard InChI is InChI=1S/C61H111NO5/c1-3-5-7-9-11-13-15-17-19-23-27-31-35-39-43-47-51-55-61(66)67-56-52-48-44-40-36-32-28-25-22-20-21-24-26-30-34-38-42-46-50-54-60(65)62-58(57-63)59(64)53-49-45-41-37-33-29-18-16-14-12-10-8-6-4-2/h11,13,17,19,25,28,32,36,49,53,58-59,63-64H,3-10,12,14-16,18,20-24,26-27,29-31,33-35,37-48,50-52,54-57H2,1-2H3,(H,62,65)/b13-11-,19-17-,28-25-,36-32-,53-49+. The van der Waals surface area contributed by atoms with E-state index in [2.05, 4.69) is 67.8 Å². The van der Waals surface area contributed by atoms with E-state index in [0.717, 1.165) is 83.5 Å². The number of ether oxygens (including phenoxy) is 1. The van der Waals surface area contributed by atoms with Gasteiger partial charge in [0.1, 0.15) is 0 Å². The summed E-state index contributed by atoms with van der Waals surface area (Å²) in [6.45, 7) is 4.83. The highest BCUT2D eigenvalue weighted by molar-refractivity contribution is 5.76. The van der Waals surface area contributed by atoms with Crippen LogP contribution in [0.3, 0.4) is 0 Å². The number of esters is 1. The Bertz CT molecular complexity index is 1170. The second-order valence-corrected chi connectivity index (χ2v) is 19.6. The Morgan fingerprint density at radius 2 is 0.791 bits per heavy atom. The molecule has 2 atom stereocenters. The molecule has 1 amide bonds. The average molecular weight is 939 g/mol. The van der Waals surface area contributed by atoms with Crippen LogP contribution in [0, 0.1) is 0 Å². The first-order valence-corrected chi connectivity index (χ1v) is 29.1. The molecule has 0 fully saturated rings. The van der Waals surface area contributed by atoms with Crippen molar-refractivity contribution in [2.75, 3.05) is 13.2 Å². The summed E-state index contributed by atoms with van der Waals surface area (Å²) in [5, 5.41) is 23.1. The Hall–Kier alpha value is -2.44. The van der Waals surface area contributed by atoms with Gasteiger partial charge in [-0.15, -0.1) is 0 Å². The van der Waals surface area contributed by atoms with E-state index >= 15 is 0 Å². The zero-order chi connectivity index (χ0) is 48.6. The van der Waals surface area contributed by atoms with Crippen LogP contribution < -0.4 is 5.32 Å². The van der Waals surface area contributed by atoms with Gasteiger partial charge in [-0.1, -0.05) is 242 Å². The molecule has 0 aromatic rings. The molecular weight excluding hydrogens is 827 g/mol. The second-order valence-electron chi connectivity index (χ2n) is 19.6. The third-order valence-electron chi connectivity index (χ3n) is 13.0. The van der Waals surface area contributed by atoms with Crippen molar-refractivity contribution >= 4 is 11.9 Å². The average Bonchev–Trinajstić information content (AvgIpc) is 3.33. The fourth-order valence-electron chi connectivity index (χ4n) is 8.54. The lowest BCUT2D eigenvalue weighted by atomic mass is 10.0. The van der Waals surface area contributed by atoms with Crippen molar-refractivity contribution in [1.29, 1.82) is 0 Å². The molecule has 0 aliphatic rings. The number of unbranched alkanes of at least 4 members (excludes halogenated alkanes) is 35. The maximum Gasteiger partial charge on any atom is 0.305 e. The first kappa shape index (κ1) is 64.6. The number of carbonyl (C=O) groups is 2. The lowest BCUT2D eigenvalue weighted by Crippen LogP contribution is -2.45. The summed E-state index contributed by atoms with van der Waals surface area (Å²) in [6.07, 6.45) is 72.4. The van der Waals surface area contributed by atoms with Gasteiger partial charge in [0.2, 0.25) is 5.91 Å². The number of carbonyl (C=O) groups excluding carboxylic acids is 2. The molecule has 0 rings (SSSR count). The quantitative estimate of drug-likeness (QED) is 0.0244. The van der Waals surface area contributed by atoms with Crippen molar-refractivity contribution < 1.29 is 24.5 Å². The van der Waals surface area contributed by atoms with Gasteiger partial charge in [-0.3, -0.25) is 9.59 Å². The molecule has 0 radical (unpaired) electrons. The minimum atomic E-state index is -0.852. The van der Waals surface area contributed by atoms with E-state index in [0.29, 0.717) is 19.4 Å². The largest absolute Gasteiger partial charge is 0.466 e. The van der Waals surface area contributed by atoms with Crippen molar-refractivity contribution in [3.8, 4) is 0 Å². The van der Waals surface area contributed by atoms with Crippen LogP contribution in [0.15, 0.2) is 60.8 Å². The fourth-order valence-corrected chi connectivity index (χ4v) is 8.54. The van der Waals surface area contributed by atoms with E-state index in [1.54, 1.807) is 6.08 Å². The van der Waals surface area contributed by atoms with Gasteiger partial charge in [0, 0.05) is 12.8 Å². The number of rotatable bonds is 53. The van der Waals surface area contributed by atoms with Crippen molar-refractivity contribution in [3.05, 3.63) is 60.8 Å². The topological polar surface area (TPSA) is 95.9 Å². The highest BCUT2D eigenvalue weighted by Crippen LogP contribution is 2.15. The van der Waals surface area contributed by atoms with Gasteiger partial charge < -0.3 is 20.3 Å². The van der Waals surface area contributed by atoms with Crippen LogP contribution in [0.2, 0.25) is 0 Å². The van der Waals surface area contributed by atoms with Crippen molar-refractivity contribution in [2.24, 2.45) is 0 Å². The summed E-state index contributed by atoms with van der Waals surface area (Å²) >= 11 is 0. The summed E-state index contributed by atoms with van der Waals surface area (Å²) in [5.41, 5.74) is 0. The molecule has 0 aliphatic carbocycles. The minimum absolute atomic E-state index is 0.0227. The van der Waals surface area contributed by atoms with E-state index in [-0.39, 0.29) is 18.5 Å². The first-order valence-electron chi connectivity index (χ1n) is 29.1. The Morgan fingerprint density at radius 3 is 1.25 bits per heavy atom. The molecule has 2 unspecified atom stereocenters. The maximum atomic E-state index is 12.4. The smallest absolute Gasteiger partial charge is 0.305 e. The van der Waals surface area contributed by atoms with E-state index in [1.165, 1.54) is 180 Å². The van der Waals surface area contributed by atoms with Crippen LogP contribution in [-0.2, 0) is 14.3 Å². The maximum absolute atomic E-state index is 12.4. The number of aliphatic hydroxyl groups is 2. The second kappa shape index (κ2) is 56.2. The Labute approximate surface area is 416 Å². The van der Waals surface area contributed by atoms with E-state index < -0.39 is 12.1 Å². The molecule has 67 heavy (non-hydrogen) atoms. The fraction of sp³-hybridized carbons (Fsp3) is 0.803. The van der Waals surface area contributed by atoms with Crippen LogP contribution >= 0.6 is 0 Å². The van der Waals surface area contributed by atoms with Gasteiger partial charge in [-0.05, 0) is 96.3 Å². The van der Waals surface area contributed by atoms with Gasteiger partial charge in [0.25, 0.3) is 0 Å². The van der Waals surface area contributed by atoms with Gasteiger partial charge in [-0.2, -0.15) is 0 Å². The van der Waals surface area contributed by atoms with Crippen LogP contribution in [-0.4, -0.2) is 47.4 Å². The Kier molecular flexibility index (Phi) is 54.1. The number of aliphatic hydroxyl groups excluding tert-OH is 2. The van der Waals surface area contributed by atoms with E-state index in [9.17, 15) is 19.8 Å². The van der Waals surface area contributed by atoms with Crippen molar-refractivity contribution in [1.82, 2.24) is 5.32 Å². The lowest BCUT2D eigenvalue weighted by Gasteiger charge is -2.20. The highest BCUT2D eigenvalue weighted by atomic mass is 16.5. The molecule has 6 heteroatoms. The van der Waals surface area contributed by atoms with E-state index in [4.69, 9.17) is 4.74 Å². The first-order chi connectivity index (χ1) is 33.0. The third kappa shape index (κ3) is 52.8. The monoisotopic (exact) mass is 938 g/mol. The Morgan fingerprint density at radius 1 is 0.433 bits per heavy atom. The van der Waals surface area contributed by atoms with Crippen molar-refractivity contribution in [3.63, 3.8) is 0 Å². The number of amides is 1. The van der Waals surface area contributed by atoms with Gasteiger partial charge in [-0.25, -0.2) is 0 Å². The molecule has 0 saturated heterocycles. The van der Waals surface area contributed by atoms with Crippen LogP contribution in [0.5, 0.6) is 0 Å². The third-order valence-corrected chi connectivity index (χ3v) is 13.0. The summed E-state index contributed by atoms with van der Waals surface area (Å²) < 4.78 is 5.46. The van der Waals surface area contributed by atoms with Crippen molar-refractivity contribution in [2.45, 2.75) is 302 Å². The molecule has 0 bridgehead atoms. The van der Waals surface area contributed by atoms with Crippen LogP contribution in [0.1, 0.15) is 290 Å². The number of hydrogen-bond donors (Lipinski definition) is 3. The zero-order valence-corrected chi connectivity index (χ0v) is 44.4. The van der Waals surface area contributed by atoms with Crippen LogP contribution in [0.25, 0.3) is 0 Å². The molecule has 0 aromatic heterocycles. The summed E-state index contributed by atoms with van der Waals surface area (Å²) in [7, 11) is 0. The lowest BCUT2D eigenvalue weighted by molar-refractivity contribution is -0.143. The van der Waals surface area contributed by atoms with Gasteiger partial charge >= 0.3 is 5.97 Å². The molecule has 6 nitrogen and oxygen atoms in total. The van der Waals surface area contributed by atoms with Gasteiger partial charge in [0.15, 0.2) is 0 Å². The normalized spacial score (nSPS) is 13.1. The molecule has 0 saturated carbocycles. The molecule has 0 aliphatic heterocycles. The molecule has 0 heterocycles. The molecule has 0 spiro atoms. The van der Waals surface area contributed by atoms with E-state index in [1.807, 2.05) is 6.08 Å². The summed E-state index contributed by atoms with van der Waals surface area (Å²) in [6, 6.07) is -0.637. The predicted octanol–water partition coefficient (Wildman–Crippen LogP) is 18.0. The van der Waals surface area contributed by atoms with Crippen LogP contribution in [0.4, 0.5) is 0 Å². The molecular formula is C61H111NO5. The number of hydrogen-bond acceptors (Lipinski definition) is 5. The minimum Gasteiger partial charge on any atom is -0.466 e. The molecule has 390 valence electrons. The molecule has 0 aromatic carbocycles. The summed E-state index contributed by atoms with van der Waals surface area (Å²) in [5.74, 6) is -0.102.